The molecule has 1 amide bonds. The van der Waals surface area contributed by atoms with Gasteiger partial charge in [0.05, 0.1) is 6.21 Å². The van der Waals surface area contributed by atoms with Crippen molar-refractivity contribution in [2.75, 3.05) is 0 Å². The van der Waals surface area contributed by atoms with Crippen LogP contribution in [0.5, 0.6) is 0 Å². The highest BCUT2D eigenvalue weighted by Gasteiger charge is 2.09. The van der Waals surface area contributed by atoms with Crippen molar-refractivity contribution in [1.82, 2.24) is 15.0 Å². The molecule has 5 nitrogen and oxygen atoms in total. The maximum atomic E-state index is 12.1. The fourth-order valence-electron chi connectivity index (χ4n) is 3.07. The third-order valence-electron chi connectivity index (χ3n) is 4.49. The number of para-hydroxylation sites is 1. The number of rotatable bonds is 5. The largest absolute Gasteiger partial charge is 0.342 e. The van der Waals surface area contributed by atoms with E-state index in [9.17, 15) is 4.79 Å². The molecule has 7 heteroatoms. The second-order valence-corrected chi connectivity index (χ2v) is 7.24. The average molecular weight is 423 g/mol. The zero-order chi connectivity index (χ0) is 20.2. The fourth-order valence-corrected chi connectivity index (χ4v) is 3.54. The summed E-state index contributed by atoms with van der Waals surface area (Å²) in [7, 11) is 0. The Morgan fingerprint density at radius 3 is 2.69 bits per heavy atom. The molecule has 0 aliphatic heterocycles. The Bertz CT molecular complexity index is 1200. The molecule has 0 aliphatic rings. The van der Waals surface area contributed by atoms with Crippen LogP contribution in [-0.4, -0.2) is 21.7 Å². The van der Waals surface area contributed by atoms with Crippen molar-refractivity contribution < 1.29 is 4.79 Å². The smallest absolute Gasteiger partial charge is 0.271 e. The van der Waals surface area contributed by atoms with Crippen molar-refractivity contribution in [1.29, 1.82) is 0 Å². The molecule has 2 aromatic heterocycles. The predicted octanol–water partition coefficient (Wildman–Crippen LogP) is 5.16. The van der Waals surface area contributed by atoms with Crippen molar-refractivity contribution in [3.63, 3.8) is 0 Å². The number of carbonyl (C=O) groups is 1. The molecule has 0 aliphatic carbocycles. The summed E-state index contributed by atoms with van der Waals surface area (Å²) in [5, 5.41) is 6.37. The van der Waals surface area contributed by atoms with E-state index in [1.807, 2.05) is 42.6 Å². The fraction of sp³-hybridized carbons (Fsp3) is 0.0455. The van der Waals surface area contributed by atoms with Gasteiger partial charge in [-0.05, 0) is 35.9 Å². The van der Waals surface area contributed by atoms with Crippen molar-refractivity contribution in [2.24, 2.45) is 5.10 Å². The molecule has 144 valence electrons. The van der Waals surface area contributed by atoms with E-state index in [4.69, 9.17) is 23.2 Å². The number of pyridine rings is 1. The Balaban J connectivity index is 1.59. The Labute approximate surface area is 177 Å². The molecule has 4 rings (SSSR count). The van der Waals surface area contributed by atoms with E-state index in [2.05, 4.69) is 20.1 Å². The first-order valence-corrected chi connectivity index (χ1v) is 9.62. The van der Waals surface area contributed by atoms with E-state index in [1.54, 1.807) is 36.8 Å². The number of carbonyl (C=O) groups excluding carboxylic acids is 1. The number of hydrazone groups is 1. The summed E-state index contributed by atoms with van der Waals surface area (Å²) >= 11 is 12.3. The van der Waals surface area contributed by atoms with Crippen LogP contribution in [0.4, 0.5) is 0 Å². The number of hydrogen-bond acceptors (Lipinski definition) is 3. The Kier molecular flexibility index (Phi) is 5.60. The topological polar surface area (TPSA) is 59.3 Å². The minimum atomic E-state index is -0.291. The minimum absolute atomic E-state index is 0.291. The highest BCUT2D eigenvalue weighted by atomic mass is 35.5. The summed E-state index contributed by atoms with van der Waals surface area (Å²) < 4.78 is 2.09. The molecule has 0 saturated heterocycles. The lowest BCUT2D eigenvalue weighted by atomic mass is 10.2. The van der Waals surface area contributed by atoms with E-state index < -0.39 is 0 Å². The van der Waals surface area contributed by atoms with Gasteiger partial charge in [-0.3, -0.25) is 9.78 Å². The monoisotopic (exact) mass is 422 g/mol. The van der Waals surface area contributed by atoms with Crippen LogP contribution in [-0.2, 0) is 6.54 Å². The second-order valence-electron chi connectivity index (χ2n) is 6.40. The molecule has 0 unspecified atom stereocenters. The molecule has 0 spiro atoms. The van der Waals surface area contributed by atoms with E-state index in [1.165, 1.54) is 0 Å². The SMILES string of the molecule is O=C(N/N=C\c1cn(Cc2ccc(Cl)cc2Cl)c2ccccc12)c1ccncc1. The molecule has 0 fully saturated rings. The van der Waals surface area contributed by atoms with Gasteiger partial charge >= 0.3 is 0 Å². The number of amides is 1. The van der Waals surface area contributed by atoms with Gasteiger partial charge < -0.3 is 4.57 Å². The standard InChI is InChI=1S/C22H16Cl2N4O/c23-18-6-5-16(20(24)11-18)13-28-14-17(19-3-1-2-4-21(19)28)12-26-27-22(29)15-7-9-25-10-8-15/h1-12,14H,13H2,(H,27,29)/b26-12-. The molecule has 0 atom stereocenters. The summed E-state index contributed by atoms with van der Waals surface area (Å²) in [6, 6.07) is 16.7. The van der Waals surface area contributed by atoms with Gasteiger partial charge in [-0.15, -0.1) is 0 Å². The first-order chi connectivity index (χ1) is 14.1. The van der Waals surface area contributed by atoms with Crippen LogP contribution in [0, 0.1) is 0 Å². The van der Waals surface area contributed by atoms with Gasteiger partial charge in [0.1, 0.15) is 0 Å². The molecule has 0 bridgehead atoms. The van der Waals surface area contributed by atoms with Gasteiger partial charge in [0.25, 0.3) is 5.91 Å². The minimum Gasteiger partial charge on any atom is -0.342 e. The molecular formula is C22H16Cl2N4O. The normalized spacial score (nSPS) is 11.2. The molecule has 2 heterocycles. The lowest BCUT2D eigenvalue weighted by Gasteiger charge is -2.08. The van der Waals surface area contributed by atoms with Crippen LogP contribution in [0.15, 0.2) is 78.3 Å². The molecular weight excluding hydrogens is 407 g/mol. The van der Waals surface area contributed by atoms with Gasteiger partial charge in [-0.25, -0.2) is 5.43 Å². The lowest BCUT2D eigenvalue weighted by Crippen LogP contribution is -2.17. The van der Waals surface area contributed by atoms with Crippen LogP contribution in [0.2, 0.25) is 10.0 Å². The summed E-state index contributed by atoms with van der Waals surface area (Å²) in [4.78, 5) is 16.0. The Morgan fingerprint density at radius 2 is 1.90 bits per heavy atom. The first kappa shape index (κ1) is 19.2. The molecule has 2 aromatic carbocycles. The third-order valence-corrected chi connectivity index (χ3v) is 5.07. The number of nitrogens with zero attached hydrogens (tertiary/aromatic N) is 3. The quantitative estimate of drug-likeness (QED) is 0.356. The average Bonchev–Trinajstić information content (AvgIpc) is 3.08. The molecule has 0 saturated carbocycles. The van der Waals surface area contributed by atoms with E-state index in [-0.39, 0.29) is 5.91 Å². The summed E-state index contributed by atoms with van der Waals surface area (Å²) in [5.74, 6) is -0.291. The number of halogens is 2. The zero-order valence-corrected chi connectivity index (χ0v) is 16.7. The summed E-state index contributed by atoms with van der Waals surface area (Å²) in [6.07, 6.45) is 6.75. The third kappa shape index (κ3) is 4.31. The highest BCUT2D eigenvalue weighted by Crippen LogP contribution is 2.25. The summed E-state index contributed by atoms with van der Waals surface area (Å²) in [6.45, 7) is 0.591. The molecule has 4 aromatic rings. The number of benzene rings is 2. The van der Waals surface area contributed by atoms with Crippen LogP contribution in [0.1, 0.15) is 21.5 Å². The van der Waals surface area contributed by atoms with Crippen LogP contribution in [0.25, 0.3) is 10.9 Å². The van der Waals surface area contributed by atoms with Crippen LogP contribution < -0.4 is 5.43 Å². The van der Waals surface area contributed by atoms with Gasteiger partial charge in [0, 0.05) is 57.2 Å². The Morgan fingerprint density at radius 1 is 1.10 bits per heavy atom. The number of nitrogens with one attached hydrogen (secondary N) is 1. The number of fused-ring (bicyclic) bond motifs is 1. The number of aromatic nitrogens is 2. The molecule has 1 N–H and O–H groups in total. The van der Waals surface area contributed by atoms with E-state index in [0.717, 1.165) is 22.0 Å². The van der Waals surface area contributed by atoms with E-state index >= 15 is 0 Å². The maximum absolute atomic E-state index is 12.1. The van der Waals surface area contributed by atoms with Gasteiger partial charge in [-0.2, -0.15) is 5.10 Å². The number of hydrogen-bond donors (Lipinski definition) is 1. The lowest BCUT2D eigenvalue weighted by molar-refractivity contribution is 0.0955. The first-order valence-electron chi connectivity index (χ1n) is 8.87. The van der Waals surface area contributed by atoms with Crippen molar-refractivity contribution in [3.05, 3.63) is 99.9 Å². The van der Waals surface area contributed by atoms with Crippen molar-refractivity contribution in [2.45, 2.75) is 6.54 Å². The van der Waals surface area contributed by atoms with Gasteiger partial charge in [-0.1, -0.05) is 47.5 Å². The predicted molar refractivity (Wildman–Crippen MR) is 117 cm³/mol. The summed E-state index contributed by atoms with van der Waals surface area (Å²) in [5.41, 5.74) is 5.94. The second kappa shape index (κ2) is 8.47. The van der Waals surface area contributed by atoms with E-state index in [0.29, 0.717) is 22.2 Å². The van der Waals surface area contributed by atoms with Crippen LogP contribution >= 0.6 is 23.2 Å². The van der Waals surface area contributed by atoms with Crippen molar-refractivity contribution >= 4 is 46.2 Å². The van der Waals surface area contributed by atoms with Gasteiger partial charge in [0.15, 0.2) is 0 Å². The van der Waals surface area contributed by atoms with Crippen molar-refractivity contribution in [3.8, 4) is 0 Å². The maximum Gasteiger partial charge on any atom is 0.271 e. The Hall–Kier alpha value is -3.15. The van der Waals surface area contributed by atoms with Crippen LogP contribution in [0.3, 0.4) is 0 Å². The zero-order valence-electron chi connectivity index (χ0n) is 15.2. The van der Waals surface area contributed by atoms with Gasteiger partial charge in [0.2, 0.25) is 0 Å². The molecule has 0 radical (unpaired) electrons. The molecule has 29 heavy (non-hydrogen) atoms. The highest BCUT2D eigenvalue weighted by molar-refractivity contribution is 6.35.